The van der Waals surface area contributed by atoms with Crippen LogP contribution in [0.3, 0.4) is 0 Å². The van der Waals surface area contributed by atoms with Crippen molar-refractivity contribution in [1.29, 1.82) is 0 Å². The molecule has 0 saturated carbocycles. The summed E-state index contributed by atoms with van der Waals surface area (Å²) in [5.41, 5.74) is 0. The maximum Gasteiger partial charge on any atom is 0.515 e. The highest BCUT2D eigenvalue weighted by molar-refractivity contribution is 9.10. The summed E-state index contributed by atoms with van der Waals surface area (Å²) in [6.07, 6.45) is 0. The van der Waals surface area contributed by atoms with Crippen LogP contribution in [0.25, 0.3) is 0 Å². The molecule has 0 fully saturated rings. The van der Waals surface area contributed by atoms with Crippen LogP contribution in [0.5, 0.6) is 5.75 Å². The van der Waals surface area contributed by atoms with Crippen LogP contribution in [0.4, 0.5) is 12.9 Å². The number of ether oxygens (including phenoxy) is 1. The van der Waals surface area contributed by atoms with Crippen LogP contribution in [0.2, 0.25) is 5.02 Å². The normalized spacial score (nSPS) is 11.5. The highest BCUT2D eigenvalue weighted by Crippen LogP contribution is 2.27. The number of benzene rings is 1. The zero-order chi connectivity index (χ0) is 10.8. The molecule has 0 bridgehead atoms. The Bertz CT molecular complexity index is 331. The molecule has 0 saturated heterocycles. The standard InChI is InChI=1S/C7H5BBrClF3O/c9-6-2-1-5(3-7(6)10)14-4-8(11,12)13/h1-3H,4H2/q-1. The van der Waals surface area contributed by atoms with Crippen LogP contribution < -0.4 is 4.74 Å². The first-order chi connectivity index (χ1) is 6.38. The van der Waals surface area contributed by atoms with Crippen LogP contribution in [0.1, 0.15) is 0 Å². The first-order valence-corrected chi connectivity index (χ1v) is 4.84. The van der Waals surface area contributed by atoms with Gasteiger partial charge in [0.25, 0.3) is 0 Å². The lowest BCUT2D eigenvalue weighted by Crippen LogP contribution is -2.26. The Morgan fingerprint density at radius 2 is 2.00 bits per heavy atom. The van der Waals surface area contributed by atoms with Crippen LogP contribution in [-0.2, 0) is 0 Å². The Kier molecular flexibility index (Phi) is 3.72. The maximum absolute atomic E-state index is 11.8. The fraction of sp³-hybridized carbons (Fsp3) is 0.143. The lowest BCUT2D eigenvalue weighted by atomic mass is 9.95. The second kappa shape index (κ2) is 4.44. The van der Waals surface area contributed by atoms with Gasteiger partial charge in [-0.25, -0.2) is 0 Å². The Hall–Kier alpha value is -0.355. The van der Waals surface area contributed by atoms with Crippen LogP contribution in [0, 0.1) is 0 Å². The van der Waals surface area contributed by atoms with E-state index < -0.39 is 13.5 Å². The number of rotatable bonds is 3. The van der Waals surface area contributed by atoms with Crippen molar-refractivity contribution in [2.24, 2.45) is 0 Å². The molecule has 0 spiro atoms. The first-order valence-electron chi connectivity index (χ1n) is 3.67. The molecule has 78 valence electrons. The SMILES string of the molecule is F[B-](F)(F)COc1ccc(Br)c(Cl)c1. The maximum atomic E-state index is 11.8. The molecule has 1 nitrogen and oxygen atoms in total. The molecular formula is C7H5BBrClF3O-. The van der Waals surface area contributed by atoms with Gasteiger partial charge in [0.05, 0.1) is 11.5 Å². The molecule has 1 aromatic rings. The lowest BCUT2D eigenvalue weighted by Gasteiger charge is -2.15. The Balaban J connectivity index is 2.65. The van der Waals surface area contributed by atoms with Gasteiger partial charge in [0.2, 0.25) is 0 Å². The molecule has 0 aromatic heterocycles. The Labute approximate surface area is 92.4 Å². The summed E-state index contributed by atoms with van der Waals surface area (Å²) >= 11 is 8.77. The zero-order valence-electron chi connectivity index (χ0n) is 6.81. The van der Waals surface area contributed by atoms with E-state index in [4.69, 9.17) is 11.6 Å². The summed E-state index contributed by atoms with van der Waals surface area (Å²) in [6.45, 7) is -6.18. The van der Waals surface area contributed by atoms with Gasteiger partial charge in [0, 0.05) is 4.47 Å². The molecule has 14 heavy (non-hydrogen) atoms. The number of hydrogen-bond donors (Lipinski definition) is 0. The van der Waals surface area contributed by atoms with Gasteiger partial charge < -0.3 is 17.7 Å². The number of halogens is 5. The van der Waals surface area contributed by atoms with Crippen molar-refractivity contribution < 1.29 is 17.7 Å². The fourth-order valence-corrected chi connectivity index (χ4v) is 1.17. The molecule has 0 aliphatic heterocycles. The van der Waals surface area contributed by atoms with E-state index in [0.29, 0.717) is 9.50 Å². The average Bonchev–Trinajstić information content (AvgIpc) is 2.06. The van der Waals surface area contributed by atoms with Crippen molar-refractivity contribution in [3.8, 4) is 5.75 Å². The van der Waals surface area contributed by atoms with Crippen molar-refractivity contribution in [2.75, 3.05) is 6.51 Å². The van der Waals surface area contributed by atoms with Gasteiger partial charge in [0.15, 0.2) is 0 Å². The minimum Gasteiger partial charge on any atom is -0.522 e. The predicted molar refractivity (Wildman–Crippen MR) is 53.7 cm³/mol. The summed E-state index contributed by atoms with van der Waals surface area (Å²) in [5, 5.41) is 0.317. The third-order valence-electron chi connectivity index (χ3n) is 1.33. The fourth-order valence-electron chi connectivity index (χ4n) is 0.757. The van der Waals surface area contributed by atoms with Crippen LogP contribution >= 0.6 is 27.5 Å². The van der Waals surface area contributed by atoms with Crippen molar-refractivity contribution in [3.63, 3.8) is 0 Å². The van der Waals surface area contributed by atoms with E-state index in [-0.39, 0.29) is 5.75 Å². The summed E-state index contributed by atoms with van der Waals surface area (Å²) in [6, 6.07) is 4.27. The highest BCUT2D eigenvalue weighted by atomic mass is 79.9. The third-order valence-corrected chi connectivity index (χ3v) is 2.56. The molecule has 0 amide bonds. The molecule has 0 atom stereocenters. The average molecular weight is 288 g/mol. The lowest BCUT2D eigenvalue weighted by molar-refractivity contribution is 0.313. The summed E-state index contributed by atoms with van der Waals surface area (Å²) in [4.78, 5) is 0. The van der Waals surface area contributed by atoms with Gasteiger partial charge in [-0.15, -0.1) is 0 Å². The van der Waals surface area contributed by atoms with Crippen molar-refractivity contribution in [1.82, 2.24) is 0 Å². The minimum absolute atomic E-state index is 0.109. The largest absolute Gasteiger partial charge is 0.522 e. The summed E-state index contributed by atoms with van der Waals surface area (Å²) < 4.78 is 40.6. The Morgan fingerprint density at radius 3 is 2.50 bits per heavy atom. The molecule has 0 aliphatic rings. The second-order valence-electron chi connectivity index (χ2n) is 2.60. The van der Waals surface area contributed by atoms with E-state index in [1.807, 2.05) is 0 Å². The molecule has 0 heterocycles. The van der Waals surface area contributed by atoms with Gasteiger partial charge in [-0.05, 0) is 34.1 Å². The van der Waals surface area contributed by atoms with Gasteiger partial charge in [-0.1, -0.05) is 11.6 Å². The van der Waals surface area contributed by atoms with Gasteiger partial charge >= 0.3 is 6.98 Å². The molecule has 0 unspecified atom stereocenters. The van der Waals surface area contributed by atoms with Gasteiger partial charge in [-0.3, -0.25) is 0 Å². The van der Waals surface area contributed by atoms with E-state index in [2.05, 4.69) is 20.7 Å². The van der Waals surface area contributed by atoms with E-state index in [1.54, 1.807) is 0 Å². The van der Waals surface area contributed by atoms with Crippen molar-refractivity contribution in [3.05, 3.63) is 27.7 Å². The first kappa shape index (κ1) is 11.7. The summed E-state index contributed by atoms with van der Waals surface area (Å²) in [5.74, 6) is 0.109. The van der Waals surface area contributed by atoms with E-state index in [0.717, 1.165) is 0 Å². The topological polar surface area (TPSA) is 9.23 Å². The monoisotopic (exact) mass is 287 g/mol. The van der Waals surface area contributed by atoms with Gasteiger partial charge in [0.1, 0.15) is 5.75 Å². The van der Waals surface area contributed by atoms with E-state index in [1.165, 1.54) is 18.2 Å². The smallest absolute Gasteiger partial charge is 0.515 e. The highest BCUT2D eigenvalue weighted by Gasteiger charge is 2.24. The van der Waals surface area contributed by atoms with Crippen LogP contribution in [0.15, 0.2) is 22.7 Å². The molecule has 1 rings (SSSR count). The molecule has 0 radical (unpaired) electrons. The molecule has 7 heteroatoms. The van der Waals surface area contributed by atoms with Crippen LogP contribution in [-0.4, -0.2) is 13.5 Å². The van der Waals surface area contributed by atoms with Crippen molar-refractivity contribution >= 4 is 34.5 Å². The van der Waals surface area contributed by atoms with Gasteiger partial charge in [-0.2, -0.15) is 0 Å². The summed E-state index contributed by atoms with van der Waals surface area (Å²) in [7, 11) is 0. The van der Waals surface area contributed by atoms with E-state index in [9.17, 15) is 12.9 Å². The zero-order valence-corrected chi connectivity index (χ0v) is 9.16. The number of hydrogen-bond acceptors (Lipinski definition) is 1. The molecule has 0 aliphatic carbocycles. The molecule has 1 aromatic carbocycles. The Morgan fingerprint density at radius 1 is 1.36 bits per heavy atom. The second-order valence-corrected chi connectivity index (χ2v) is 3.86. The van der Waals surface area contributed by atoms with E-state index >= 15 is 0 Å². The van der Waals surface area contributed by atoms with Crippen molar-refractivity contribution in [2.45, 2.75) is 0 Å². The minimum atomic E-state index is -4.93. The molecule has 0 N–H and O–H groups in total. The third kappa shape index (κ3) is 3.80. The predicted octanol–water partition coefficient (Wildman–Crippen LogP) is 3.87. The molecular weight excluding hydrogens is 283 g/mol. The quantitative estimate of drug-likeness (QED) is 0.767.